The first-order chi connectivity index (χ1) is 62.9. The Morgan fingerprint density at radius 1 is 0.504 bits per heavy atom. The number of ether oxygens (including phenoxy) is 1. The number of amides is 8. The molecular formula is C91H89Cl4F5N20O11. The maximum atomic E-state index is 15.2. The summed E-state index contributed by atoms with van der Waals surface area (Å²) in [4.78, 5) is 135. The van der Waals surface area contributed by atoms with Gasteiger partial charge in [0, 0.05) is 97.2 Å². The van der Waals surface area contributed by atoms with Crippen LogP contribution in [-0.4, -0.2) is 167 Å². The van der Waals surface area contributed by atoms with Crippen molar-refractivity contribution < 1.29 is 74.9 Å². The molecule has 0 radical (unpaired) electrons. The summed E-state index contributed by atoms with van der Waals surface area (Å²) >= 11 is 24.4. The Kier molecular flexibility index (Phi) is 26.8. The first kappa shape index (κ1) is 91.5. The SMILES string of the molecule is COC(=O)c1ccc(N2CCC3(CCC(NC(=O)c4cnn5cccnc45)CC3)C2=O)c(Cl)c1.Cc1cc(O)n2ncc(C(=O)NC3CCC4(CC3)CCN(c3ccc(F)cc3Cl)C4=O)c2n1.Cc1nc2c(C(=O)N[C@H]3CC[C@H](C(=O)Nc4c(F)cc(F)cc4Cl)CC3)cnn2c2c1CCC2.O=C(NC1CCC(F)(C(=O)Nc2ccc(F)cc2Cl)CC1)c1cnn2cccnc12. The third kappa shape index (κ3) is 19.3. The van der Waals surface area contributed by atoms with E-state index in [1.165, 1.54) is 70.6 Å². The number of aryl methyl sites for hydroxylation is 3. The van der Waals surface area contributed by atoms with Gasteiger partial charge in [-0.2, -0.15) is 24.9 Å². The lowest BCUT2D eigenvalue weighted by Crippen LogP contribution is -2.47. The van der Waals surface area contributed by atoms with Crippen molar-refractivity contribution >= 4 is 145 Å². The molecule has 4 saturated carbocycles. The normalized spacial score (nSPS) is 21.6. The summed E-state index contributed by atoms with van der Waals surface area (Å²) in [6, 6.07) is 18.5. The lowest BCUT2D eigenvalue weighted by molar-refractivity contribution is -0.129. The van der Waals surface area contributed by atoms with Crippen LogP contribution < -0.4 is 41.7 Å². The lowest BCUT2D eigenvalue weighted by atomic mass is 9.71. The second-order valence-electron chi connectivity index (χ2n) is 34.0. The minimum atomic E-state index is -2.09. The van der Waals surface area contributed by atoms with E-state index in [0.29, 0.717) is 188 Å². The first-order valence-corrected chi connectivity index (χ1v) is 44.5. The van der Waals surface area contributed by atoms with Gasteiger partial charge < -0.3 is 51.5 Å². The molecule has 682 valence electrons. The Morgan fingerprint density at radius 2 is 0.977 bits per heavy atom. The van der Waals surface area contributed by atoms with Gasteiger partial charge in [0.2, 0.25) is 23.6 Å². The fourth-order valence-electron chi connectivity index (χ4n) is 18.6. The van der Waals surface area contributed by atoms with Crippen LogP contribution in [0.3, 0.4) is 0 Å². The summed E-state index contributed by atoms with van der Waals surface area (Å²) in [6.45, 7) is 4.81. The third-order valence-corrected chi connectivity index (χ3v) is 27.1. The Balaban J connectivity index is 0.000000128. The van der Waals surface area contributed by atoms with E-state index in [0.717, 1.165) is 55.3 Å². The minimum absolute atomic E-state index is 0.00471. The standard InChI is InChI=1S/C24H24ClF2N5O2.C24H24ClN5O4.C23H23ClFN5O3.C20H18ClF2N5O2/c1-12-16-3-2-4-20(16)32-22(29-12)17(11-28-32)24(34)30-15-7-5-13(6-8-15)23(33)31-21-18(25)9-14(26)10-19(21)27;1-34-22(32)15-3-4-19(18(25)13-15)29-12-9-24(23(29)33)7-5-16(6-8-24)28-21(31)17-14-27-30-11-2-10-26-20(17)30;1-13-10-19(31)30-20(27-13)16(12-26-30)21(32)28-15-4-6-23(7-5-15)8-9-29(22(23)33)18-3-2-14(25)11-17(18)24;21-15-10-12(22)2-3-16(15)27-19(30)20(23)6-4-13(5-7-20)26-18(29)14-11-25-28-9-1-8-24-17(14)28/h9-11,13,15H,2-8H2,1H3,(H,30,34)(H,31,33);2-4,10-11,13-14,16H,5-9,12H2,1H3,(H,28,31);2-3,10-12,15,31H,4-9H2,1H3,(H,28,32);1-3,8-11,13H,4-7H2,(H,26,29)(H,27,30)/t13-,15-;;;. The highest BCUT2D eigenvalue weighted by atomic mass is 35.5. The number of carbonyl (C=O) groups is 9. The molecule has 8 aromatic heterocycles. The van der Waals surface area contributed by atoms with Crippen molar-refractivity contribution in [2.24, 2.45) is 16.7 Å². The zero-order valence-electron chi connectivity index (χ0n) is 71.0. The van der Waals surface area contributed by atoms with Crippen LogP contribution in [0.15, 0.2) is 135 Å². The van der Waals surface area contributed by atoms with Crippen molar-refractivity contribution in [3.8, 4) is 5.88 Å². The van der Waals surface area contributed by atoms with E-state index in [1.54, 1.807) is 87.1 Å². The number of aromatic hydroxyl groups is 1. The molecular weight excluding hydrogens is 1790 g/mol. The molecule has 40 heteroatoms. The molecule has 7 N–H and O–H groups in total. The van der Waals surface area contributed by atoms with Crippen molar-refractivity contribution in [2.45, 2.75) is 179 Å². The molecule has 10 heterocycles. The van der Waals surface area contributed by atoms with Gasteiger partial charge in [-0.05, 0) is 227 Å². The fourth-order valence-corrected chi connectivity index (χ4v) is 19.6. The number of methoxy groups -OCH3 is 1. The zero-order chi connectivity index (χ0) is 92.5. The molecule has 6 fully saturated rings. The van der Waals surface area contributed by atoms with Gasteiger partial charge in [0.25, 0.3) is 29.5 Å². The van der Waals surface area contributed by atoms with Gasteiger partial charge in [0.1, 0.15) is 39.7 Å². The van der Waals surface area contributed by atoms with Crippen LogP contribution in [0, 0.1) is 53.9 Å². The van der Waals surface area contributed by atoms with Gasteiger partial charge in [-0.25, -0.2) is 60.2 Å². The number of anilines is 4. The largest absolute Gasteiger partial charge is 0.493 e. The number of rotatable bonds is 15. The van der Waals surface area contributed by atoms with Crippen molar-refractivity contribution in [3.05, 3.63) is 228 Å². The maximum Gasteiger partial charge on any atom is 0.337 e. The Bertz CT molecular complexity index is 6480. The first-order valence-electron chi connectivity index (χ1n) is 42.9. The number of nitrogens with one attached hydrogen (secondary N) is 6. The highest BCUT2D eigenvalue weighted by Gasteiger charge is 2.52. The number of benzene rings is 4. The number of nitrogens with zero attached hydrogens (tertiary/aromatic N) is 14. The van der Waals surface area contributed by atoms with Gasteiger partial charge in [0.15, 0.2) is 34.1 Å². The van der Waals surface area contributed by atoms with Crippen LogP contribution in [0.25, 0.3) is 22.6 Å². The average Bonchev–Trinajstić information content (AvgIpc) is 1.61. The van der Waals surface area contributed by atoms with Crippen LogP contribution in [0.1, 0.15) is 196 Å². The van der Waals surface area contributed by atoms with Gasteiger partial charge in [-0.1, -0.05) is 46.4 Å². The number of fused-ring (bicyclic) bond motifs is 6. The van der Waals surface area contributed by atoms with E-state index in [4.69, 9.17) is 51.1 Å². The van der Waals surface area contributed by atoms with Gasteiger partial charge in [-0.15, -0.1) is 0 Å². The summed E-state index contributed by atoms with van der Waals surface area (Å²) in [5.74, 6) is -5.82. The van der Waals surface area contributed by atoms with E-state index in [9.17, 15) is 65.8 Å². The average molecular weight is 1880 g/mol. The molecule has 0 atom stereocenters. The van der Waals surface area contributed by atoms with E-state index in [1.807, 2.05) is 6.92 Å². The second kappa shape index (κ2) is 38.3. The predicted molar refractivity (Wildman–Crippen MR) is 474 cm³/mol. The predicted octanol–water partition coefficient (Wildman–Crippen LogP) is 14.8. The topological polar surface area (TPSA) is 383 Å². The Morgan fingerprint density at radius 3 is 1.50 bits per heavy atom. The maximum absolute atomic E-state index is 15.2. The van der Waals surface area contributed by atoms with E-state index in [2.05, 4.69) is 72.2 Å². The molecule has 31 nitrogen and oxygen atoms in total. The van der Waals surface area contributed by atoms with Crippen LogP contribution in [0.2, 0.25) is 20.1 Å². The highest BCUT2D eigenvalue weighted by Crippen LogP contribution is 2.50. The number of hydrogen-bond donors (Lipinski definition) is 7. The zero-order valence-corrected chi connectivity index (χ0v) is 74.1. The molecule has 12 aromatic rings. The van der Waals surface area contributed by atoms with Gasteiger partial charge >= 0.3 is 5.97 Å². The van der Waals surface area contributed by atoms with E-state index < -0.39 is 51.6 Å². The van der Waals surface area contributed by atoms with Crippen molar-refractivity contribution in [2.75, 3.05) is 40.6 Å². The van der Waals surface area contributed by atoms with Crippen LogP contribution in [0.4, 0.5) is 44.7 Å². The summed E-state index contributed by atoms with van der Waals surface area (Å²) in [6.07, 6.45) is 25.1. The van der Waals surface area contributed by atoms with Crippen molar-refractivity contribution in [1.82, 2.24) is 79.7 Å². The lowest BCUT2D eigenvalue weighted by Gasteiger charge is -2.36. The molecule has 8 amide bonds. The summed E-state index contributed by atoms with van der Waals surface area (Å²) < 4.78 is 79.8. The third-order valence-electron chi connectivity index (χ3n) is 25.8. The molecule has 2 saturated heterocycles. The summed E-state index contributed by atoms with van der Waals surface area (Å²) in [5, 5.41) is 44.0. The van der Waals surface area contributed by atoms with Crippen LogP contribution in [0.5, 0.6) is 5.88 Å². The minimum Gasteiger partial charge on any atom is -0.493 e. The number of carbonyl (C=O) groups excluding carboxylic acids is 9. The summed E-state index contributed by atoms with van der Waals surface area (Å²) in [5.41, 5.74) is 5.61. The molecule has 131 heavy (non-hydrogen) atoms. The fraction of sp³-hybridized carbons (Fsp3) is 0.374. The van der Waals surface area contributed by atoms with Crippen molar-refractivity contribution in [1.29, 1.82) is 0 Å². The van der Waals surface area contributed by atoms with Crippen LogP contribution in [-0.2, 0) is 36.8 Å². The number of hydrogen-bond acceptors (Lipinski definition) is 19. The second-order valence-corrected chi connectivity index (χ2v) is 35.6. The summed E-state index contributed by atoms with van der Waals surface area (Å²) in [7, 11) is 1.31. The molecule has 2 spiro atoms. The van der Waals surface area contributed by atoms with E-state index >= 15 is 4.39 Å². The number of halogens is 9. The number of esters is 1. The number of aromatic nitrogens is 12. The Hall–Kier alpha value is -12.8. The smallest absolute Gasteiger partial charge is 0.337 e. The molecule has 19 rings (SSSR count). The van der Waals surface area contributed by atoms with E-state index in [-0.39, 0.29) is 117 Å². The monoisotopic (exact) mass is 1870 g/mol. The molecule has 0 unspecified atom stereocenters. The van der Waals surface area contributed by atoms with Crippen LogP contribution >= 0.6 is 46.4 Å². The quantitative estimate of drug-likeness (QED) is 0.0370. The molecule has 2 aliphatic heterocycles. The Labute approximate surface area is 765 Å². The molecule has 7 aliphatic rings. The molecule has 4 aromatic carbocycles. The molecule has 5 aliphatic carbocycles. The van der Waals surface area contributed by atoms with Gasteiger partial charge in [-0.3, -0.25) is 38.4 Å². The van der Waals surface area contributed by atoms with Gasteiger partial charge in [0.05, 0.1) is 91.1 Å². The van der Waals surface area contributed by atoms with Crippen molar-refractivity contribution in [3.63, 3.8) is 0 Å². The molecule has 0 bridgehead atoms. The highest BCUT2D eigenvalue weighted by molar-refractivity contribution is 6.35. The number of alkyl halides is 1.